The van der Waals surface area contributed by atoms with Gasteiger partial charge < -0.3 is 10.0 Å². The van der Waals surface area contributed by atoms with Crippen LogP contribution in [0.25, 0.3) is 11.1 Å². The molecule has 0 spiro atoms. The number of hydrogen-bond donors (Lipinski definition) is 1. The van der Waals surface area contributed by atoms with E-state index in [9.17, 15) is 9.90 Å². The van der Waals surface area contributed by atoms with Crippen LogP contribution in [0.15, 0.2) is 84.9 Å². The zero-order valence-corrected chi connectivity index (χ0v) is 17.2. The molecule has 0 aliphatic carbocycles. The topological polar surface area (TPSA) is 43.8 Å². The normalized spacial score (nSPS) is 17.3. The van der Waals surface area contributed by atoms with E-state index in [-0.39, 0.29) is 18.6 Å². The Balaban J connectivity index is 1.64. The van der Waals surface area contributed by atoms with E-state index in [4.69, 9.17) is 0 Å². The number of nitrogens with zero attached hydrogens (tertiary/aromatic N) is 2. The number of carbonyl (C=O) groups is 1. The Bertz CT molecular complexity index is 959. The minimum absolute atomic E-state index is 0.112. The number of para-hydroxylation sites is 1. The lowest BCUT2D eigenvalue weighted by Gasteiger charge is -2.41. The summed E-state index contributed by atoms with van der Waals surface area (Å²) >= 11 is 0. The Morgan fingerprint density at radius 1 is 0.867 bits per heavy atom. The molecule has 0 bridgehead atoms. The second-order valence-electron chi connectivity index (χ2n) is 7.78. The van der Waals surface area contributed by atoms with Gasteiger partial charge in [0.1, 0.15) is 0 Å². The van der Waals surface area contributed by atoms with Gasteiger partial charge in [0.15, 0.2) is 0 Å². The maximum absolute atomic E-state index is 13.2. The fourth-order valence-electron chi connectivity index (χ4n) is 4.24. The number of aliphatic hydroxyl groups is 1. The van der Waals surface area contributed by atoms with Crippen molar-refractivity contribution in [2.24, 2.45) is 0 Å². The number of carbonyl (C=O) groups excluding carboxylic acids is 1. The summed E-state index contributed by atoms with van der Waals surface area (Å²) in [4.78, 5) is 17.4. The number of aliphatic hydroxyl groups excluding tert-OH is 1. The highest BCUT2D eigenvalue weighted by Gasteiger charge is 2.33. The van der Waals surface area contributed by atoms with Crippen LogP contribution in [-0.2, 0) is 11.2 Å². The molecule has 4 heteroatoms. The maximum atomic E-state index is 13.2. The van der Waals surface area contributed by atoms with Gasteiger partial charge in [-0.25, -0.2) is 0 Å². The summed E-state index contributed by atoms with van der Waals surface area (Å²) in [6.07, 6.45) is 1.56. The third kappa shape index (κ3) is 4.61. The van der Waals surface area contributed by atoms with Crippen molar-refractivity contribution >= 4 is 11.6 Å². The van der Waals surface area contributed by atoms with Crippen molar-refractivity contribution < 1.29 is 9.90 Å². The predicted octanol–water partition coefficient (Wildman–Crippen LogP) is 4.00. The lowest BCUT2D eigenvalue weighted by Crippen LogP contribution is -2.57. The van der Waals surface area contributed by atoms with Gasteiger partial charge in [-0.2, -0.15) is 0 Å². The second-order valence-corrected chi connectivity index (χ2v) is 7.78. The minimum atomic E-state index is 0.112. The van der Waals surface area contributed by atoms with Crippen molar-refractivity contribution in [2.45, 2.75) is 18.9 Å². The Morgan fingerprint density at radius 2 is 1.53 bits per heavy atom. The molecule has 1 N–H and O–H groups in total. The third-order valence-electron chi connectivity index (χ3n) is 5.75. The molecule has 4 rings (SSSR count). The summed E-state index contributed by atoms with van der Waals surface area (Å²) in [5, 5.41) is 9.31. The van der Waals surface area contributed by atoms with Crippen LogP contribution < -0.4 is 4.90 Å². The van der Waals surface area contributed by atoms with Gasteiger partial charge >= 0.3 is 0 Å². The molecule has 0 unspecified atom stereocenters. The van der Waals surface area contributed by atoms with E-state index in [1.165, 1.54) is 5.56 Å². The first-order valence-electron chi connectivity index (χ1n) is 10.6. The second kappa shape index (κ2) is 9.70. The average Bonchev–Trinajstić information content (AvgIpc) is 2.80. The molecule has 0 saturated carbocycles. The Kier molecular flexibility index (Phi) is 6.57. The first kappa shape index (κ1) is 20.3. The number of piperazine rings is 1. The Labute approximate surface area is 178 Å². The van der Waals surface area contributed by atoms with E-state index < -0.39 is 0 Å². The fraction of sp³-hybridized carbons (Fsp3) is 0.269. The molecule has 0 aromatic heterocycles. The number of rotatable bonds is 7. The Hall–Kier alpha value is -2.95. The van der Waals surface area contributed by atoms with Gasteiger partial charge in [-0.15, -0.1) is 0 Å². The summed E-state index contributed by atoms with van der Waals surface area (Å²) in [6, 6.07) is 29.0. The van der Waals surface area contributed by atoms with E-state index in [1.54, 1.807) is 0 Å². The monoisotopic (exact) mass is 400 g/mol. The zero-order valence-electron chi connectivity index (χ0n) is 17.2. The summed E-state index contributed by atoms with van der Waals surface area (Å²) in [6.45, 7) is 1.89. The minimum Gasteiger partial charge on any atom is -0.396 e. The van der Waals surface area contributed by atoms with Gasteiger partial charge in [0.2, 0.25) is 5.91 Å². The highest BCUT2D eigenvalue weighted by atomic mass is 16.3. The van der Waals surface area contributed by atoms with Crippen LogP contribution in [-0.4, -0.2) is 48.2 Å². The number of amides is 1. The number of hydrogen-bond acceptors (Lipinski definition) is 3. The van der Waals surface area contributed by atoms with Crippen LogP contribution in [0.1, 0.15) is 12.0 Å². The summed E-state index contributed by atoms with van der Waals surface area (Å²) < 4.78 is 0. The molecule has 1 fully saturated rings. The van der Waals surface area contributed by atoms with Crippen molar-refractivity contribution in [3.63, 3.8) is 0 Å². The largest absolute Gasteiger partial charge is 0.396 e. The maximum Gasteiger partial charge on any atom is 0.241 e. The van der Waals surface area contributed by atoms with Gasteiger partial charge in [-0.1, -0.05) is 78.9 Å². The molecule has 1 atom stereocenters. The van der Waals surface area contributed by atoms with Gasteiger partial charge in [0.05, 0.1) is 12.2 Å². The van der Waals surface area contributed by atoms with Crippen LogP contribution in [0.2, 0.25) is 0 Å². The molecule has 1 aliphatic heterocycles. The number of anilines is 1. The molecule has 0 radical (unpaired) electrons. The standard InChI is InChI=1S/C26H28N2O2/c29-17-9-16-27-20-26(30)28(19-23(27)18-21-10-3-1-4-11-21)25-15-8-7-14-24(25)22-12-5-2-6-13-22/h1-8,10-15,23,29H,9,16-20H2/t23-/m1/s1. The van der Waals surface area contributed by atoms with Crippen LogP contribution in [0.4, 0.5) is 5.69 Å². The van der Waals surface area contributed by atoms with Gasteiger partial charge in [0, 0.05) is 31.3 Å². The molecule has 1 amide bonds. The summed E-state index contributed by atoms with van der Waals surface area (Å²) in [5.41, 5.74) is 4.42. The van der Waals surface area contributed by atoms with Crippen LogP contribution in [0.5, 0.6) is 0 Å². The molecule has 1 aliphatic rings. The molecule has 3 aromatic carbocycles. The SMILES string of the molecule is O=C1CN(CCCO)[C@H](Cc2ccccc2)CN1c1ccccc1-c1ccccc1. The van der Waals surface area contributed by atoms with Crippen molar-refractivity contribution in [1.29, 1.82) is 0 Å². The molecule has 30 heavy (non-hydrogen) atoms. The van der Waals surface area contributed by atoms with Crippen molar-refractivity contribution in [3.8, 4) is 11.1 Å². The lowest BCUT2D eigenvalue weighted by atomic mass is 9.98. The number of benzene rings is 3. The lowest BCUT2D eigenvalue weighted by molar-refractivity contribution is -0.122. The fourth-order valence-corrected chi connectivity index (χ4v) is 4.24. The predicted molar refractivity (Wildman–Crippen MR) is 121 cm³/mol. The average molecular weight is 401 g/mol. The molecular weight excluding hydrogens is 372 g/mol. The first-order valence-corrected chi connectivity index (χ1v) is 10.6. The first-order chi connectivity index (χ1) is 14.8. The molecule has 154 valence electrons. The van der Waals surface area contributed by atoms with Crippen molar-refractivity contribution in [2.75, 3.05) is 31.1 Å². The van der Waals surface area contributed by atoms with Crippen LogP contribution in [0, 0.1) is 0 Å². The van der Waals surface area contributed by atoms with Crippen LogP contribution >= 0.6 is 0 Å². The van der Waals surface area contributed by atoms with Gasteiger partial charge in [0.25, 0.3) is 0 Å². The van der Waals surface area contributed by atoms with E-state index in [0.29, 0.717) is 19.5 Å². The molecule has 1 heterocycles. The third-order valence-corrected chi connectivity index (χ3v) is 5.75. The molecule has 3 aromatic rings. The van der Waals surface area contributed by atoms with E-state index in [1.807, 2.05) is 47.4 Å². The van der Waals surface area contributed by atoms with Crippen LogP contribution in [0.3, 0.4) is 0 Å². The van der Waals surface area contributed by atoms with Gasteiger partial charge in [-0.05, 0) is 30.0 Å². The van der Waals surface area contributed by atoms with E-state index in [0.717, 1.165) is 29.8 Å². The Morgan fingerprint density at radius 3 is 2.27 bits per heavy atom. The zero-order chi connectivity index (χ0) is 20.8. The molecular formula is C26H28N2O2. The van der Waals surface area contributed by atoms with Gasteiger partial charge in [-0.3, -0.25) is 9.69 Å². The molecule has 1 saturated heterocycles. The highest BCUT2D eigenvalue weighted by molar-refractivity contribution is 5.99. The summed E-state index contributed by atoms with van der Waals surface area (Å²) in [7, 11) is 0. The summed E-state index contributed by atoms with van der Waals surface area (Å²) in [5.74, 6) is 0.112. The highest BCUT2D eigenvalue weighted by Crippen LogP contribution is 2.32. The molecule has 4 nitrogen and oxygen atoms in total. The van der Waals surface area contributed by atoms with Crippen molar-refractivity contribution in [1.82, 2.24) is 4.90 Å². The quantitative estimate of drug-likeness (QED) is 0.652. The van der Waals surface area contributed by atoms with E-state index in [2.05, 4.69) is 47.4 Å². The van der Waals surface area contributed by atoms with E-state index >= 15 is 0 Å². The smallest absolute Gasteiger partial charge is 0.241 e. The van der Waals surface area contributed by atoms with Crippen molar-refractivity contribution in [3.05, 3.63) is 90.5 Å².